The number of benzene rings is 2. The summed E-state index contributed by atoms with van der Waals surface area (Å²) in [5, 5.41) is 0.866. The van der Waals surface area contributed by atoms with E-state index in [0.29, 0.717) is 23.5 Å². The van der Waals surface area contributed by atoms with Crippen molar-refractivity contribution in [1.82, 2.24) is 15.8 Å². The molecular weight excluding hydrogens is 346 g/mol. The lowest BCUT2D eigenvalue weighted by atomic mass is 10.1. The Morgan fingerprint density at radius 3 is 2.48 bits per heavy atom. The van der Waals surface area contributed by atoms with Crippen LogP contribution in [0.25, 0.3) is 22.1 Å². The molecule has 136 valence electrons. The molecule has 2 N–H and O–H groups in total. The van der Waals surface area contributed by atoms with Crippen LogP contribution < -0.4 is 10.9 Å². The molecule has 7 heteroatoms. The van der Waals surface area contributed by atoms with Crippen LogP contribution in [-0.4, -0.2) is 16.8 Å². The third-order valence-electron chi connectivity index (χ3n) is 4.27. The molecule has 0 aliphatic carbocycles. The van der Waals surface area contributed by atoms with Crippen molar-refractivity contribution in [2.75, 3.05) is 0 Å². The number of hydrazine groups is 1. The molecule has 0 bridgehead atoms. The summed E-state index contributed by atoms with van der Waals surface area (Å²) in [7, 11) is 0. The number of furan rings is 1. The molecular formula is C20H17N3O4. The number of oxazole rings is 1. The van der Waals surface area contributed by atoms with Gasteiger partial charge >= 0.3 is 5.91 Å². The van der Waals surface area contributed by atoms with E-state index < -0.39 is 5.91 Å². The van der Waals surface area contributed by atoms with Gasteiger partial charge < -0.3 is 8.83 Å². The largest absolute Gasteiger partial charge is 0.451 e. The smallest absolute Gasteiger partial charge is 0.305 e. The van der Waals surface area contributed by atoms with E-state index in [1.165, 1.54) is 0 Å². The maximum absolute atomic E-state index is 12.3. The second-order valence-corrected chi connectivity index (χ2v) is 6.13. The zero-order valence-corrected chi connectivity index (χ0v) is 14.6. The number of aromatic nitrogens is 1. The second kappa shape index (κ2) is 6.95. The summed E-state index contributed by atoms with van der Waals surface area (Å²) in [6, 6.07) is 14.8. The average Bonchev–Trinajstić information content (AvgIpc) is 3.25. The predicted molar refractivity (Wildman–Crippen MR) is 98.9 cm³/mol. The van der Waals surface area contributed by atoms with Crippen molar-refractivity contribution in [2.24, 2.45) is 0 Å². The molecule has 2 heterocycles. The van der Waals surface area contributed by atoms with E-state index in [1.807, 2.05) is 42.5 Å². The van der Waals surface area contributed by atoms with E-state index in [-0.39, 0.29) is 18.1 Å². The Bertz CT molecular complexity index is 1110. The van der Waals surface area contributed by atoms with Crippen LogP contribution in [0.2, 0.25) is 0 Å². The first-order valence-corrected chi connectivity index (χ1v) is 8.53. The lowest BCUT2D eigenvalue weighted by Gasteiger charge is -2.05. The van der Waals surface area contributed by atoms with E-state index >= 15 is 0 Å². The fraction of sp³-hybridized carbons (Fsp3) is 0.150. The number of nitrogens with zero attached hydrogens (tertiary/aromatic N) is 1. The Kier molecular flexibility index (Phi) is 4.33. The number of hydrogen-bond acceptors (Lipinski definition) is 5. The normalized spacial score (nSPS) is 11.0. The first-order chi connectivity index (χ1) is 13.1. The van der Waals surface area contributed by atoms with Crippen molar-refractivity contribution in [3.8, 4) is 0 Å². The number of amides is 2. The molecule has 4 rings (SSSR count). The molecule has 27 heavy (non-hydrogen) atoms. The molecule has 2 aromatic carbocycles. The molecule has 7 nitrogen and oxygen atoms in total. The second-order valence-electron chi connectivity index (χ2n) is 6.13. The van der Waals surface area contributed by atoms with Gasteiger partial charge in [-0.1, -0.05) is 30.3 Å². The van der Waals surface area contributed by atoms with Gasteiger partial charge in [0.25, 0.3) is 0 Å². The van der Waals surface area contributed by atoms with Crippen LogP contribution in [0.4, 0.5) is 0 Å². The summed E-state index contributed by atoms with van der Waals surface area (Å²) in [5.74, 6) is -0.195. The highest BCUT2D eigenvalue weighted by atomic mass is 16.4. The monoisotopic (exact) mass is 363 g/mol. The summed E-state index contributed by atoms with van der Waals surface area (Å²) in [6.45, 7) is 1.80. The van der Waals surface area contributed by atoms with Crippen molar-refractivity contribution in [3.63, 3.8) is 0 Å². The number of hydrogen-bond donors (Lipinski definition) is 2. The standard InChI is InChI=1S/C20H17N3O4/c1-12-13-6-2-4-8-15(13)27-19(12)20(25)23-22-17(24)10-11-18-21-14-7-3-5-9-16(14)26-18/h2-9H,10-11H2,1H3,(H,22,24)(H,23,25). The van der Waals surface area contributed by atoms with Crippen LogP contribution in [0.3, 0.4) is 0 Å². The van der Waals surface area contributed by atoms with Crippen LogP contribution in [0.15, 0.2) is 57.4 Å². The van der Waals surface area contributed by atoms with Crippen LogP contribution in [0, 0.1) is 6.92 Å². The van der Waals surface area contributed by atoms with E-state index in [2.05, 4.69) is 15.8 Å². The van der Waals surface area contributed by atoms with Crippen LogP contribution in [-0.2, 0) is 11.2 Å². The van der Waals surface area contributed by atoms with Gasteiger partial charge in [0, 0.05) is 23.8 Å². The number of para-hydroxylation sites is 3. The SMILES string of the molecule is Cc1c(C(=O)NNC(=O)CCc2nc3ccccc3o2)oc2ccccc12. The zero-order valence-electron chi connectivity index (χ0n) is 14.6. The van der Waals surface area contributed by atoms with Gasteiger partial charge in [0.15, 0.2) is 17.2 Å². The van der Waals surface area contributed by atoms with Gasteiger partial charge in [-0.2, -0.15) is 0 Å². The van der Waals surface area contributed by atoms with E-state index in [1.54, 1.807) is 13.0 Å². The maximum Gasteiger partial charge on any atom is 0.305 e. The Labute approximate surface area is 154 Å². The van der Waals surface area contributed by atoms with Gasteiger partial charge in [0.1, 0.15) is 11.1 Å². The number of rotatable bonds is 4. The van der Waals surface area contributed by atoms with Crippen molar-refractivity contribution in [2.45, 2.75) is 19.8 Å². The Hall–Kier alpha value is -3.61. The van der Waals surface area contributed by atoms with Gasteiger partial charge in [-0.3, -0.25) is 20.4 Å². The minimum absolute atomic E-state index is 0.131. The Morgan fingerprint density at radius 2 is 1.70 bits per heavy atom. The van der Waals surface area contributed by atoms with Crippen LogP contribution >= 0.6 is 0 Å². The summed E-state index contributed by atoms with van der Waals surface area (Å²) >= 11 is 0. The molecule has 0 atom stereocenters. The summed E-state index contributed by atoms with van der Waals surface area (Å²) in [5.41, 5.74) is 7.56. The fourth-order valence-electron chi connectivity index (χ4n) is 2.88. The van der Waals surface area contributed by atoms with Gasteiger partial charge in [0.2, 0.25) is 5.91 Å². The quantitative estimate of drug-likeness (QED) is 0.542. The maximum atomic E-state index is 12.3. The molecule has 0 aliphatic heterocycles. The minimum Gasteiger partial charge on any atom is -0.451 e. The van der Waals surface area contributed by atoms with Crippen molar-refractivity contribution in [1.29, 1.82) is 0 Å². The van der Waals surface area contributed by atoms with Gasteiger partial charge in [-0.05, 0) is 25.1 Å². The highest BCUT2D eigenvalue weighted by Crippen LogP contribution is 2.24. The van der Waals surface area contributed by atoms with Crippen LogP contribution in [0.1, 0.15) is 28.4 Å². The fourth-order valence-corrected chi connectivity index (χ4v) is 2.88. The molecule has 2 amide bonds. The molecule has 4 aromatic rings. The molecule has 0 saturated heterocycles. The van der Waals surface area contributed by atoms with Crippen molar-refractivity contribution < 1.29 is 18.4 Å². The molecule has 0 aliphatic rings. The van der Waals surface area contributed by atoms with Gasteiger partial charge in [-0.25, -0.2) is 4.98 Å². The first kappa shape index (κ1) is 16.8. The molecule has 2 aromatic heterocycles. The van der Waals surface area contributed by atoms with Crippen molar-refractivity contribution >= 4 is 33.9 Å². The lowest BCUT2D eigenvalue weighted by Crippen LogP contribution is -2.41. The molecule has 0 saturated carbocycles. The molecule has 0 spiro atoms. The third-order valence-corrected chi connectivity index (χ3v) is 4.27. The Morgan fingerprint density at radius 1 is 0.963 bits per heavy atom. The average molecular weight is 363 g/mol. The number of aryl methyl sites for hydroxylation is 2. The molecule has 0 fully saturated rings. The predicted octanol–water partition coefficient (Wildman–Crippen LogP) is 3.28. The van der Waals surface area contributed by atoms with Crippen molar-refractivity contribution in [3.05, 3.63) is 65.7 Å². The number of carbonyl (C=O) groups excluding carboxylic acids is 2. The Balaban J connectivity index is 1.34. The molecule has 0 radical (unpaired) electrons. The van der Waals surface area contributed by atoms with Crippen LogP contribution in [0.5, 0.6) is 0 Å². The van der Waals surface area contributed by atoms with Gasteiger partial charge in [0.05, 0.1) is 0 Å². The number of fused-ring (bicyclic) bond motifs is 2. The topological polar surface area (TPSA) is 97.4 Å². The summed E-state index contributed by atoms with van der Waals surface area (Å²) in [6.07, 6.45) is 0.465. The van der Waals surface area contributed by atoms with Gasteiger partial charge in [-0.15, -0.1) is 0 Å². The number of nitrogens with one attached hydrogen (secondary N) is 2. The lowest BCUT2D eigenvalue weighted by molar-refractivity contribution is -0.121. The third kappa shape index (κ3) is 3.39. The highest BCUT2D eigenvalue weighted by molar-refractivity contribution is 5.99. The first-order valence-electron chi connectivity index (χ1n) is 8.53. The van der Waals surface area contributed by atoms with E-state index in [4.69, 9.17) is 8.83 Å². The molecule has 0 unspecified atom stereocenters. The summed E-state index contributed by atoms with van der Waals surface area (Å²) in [4.78, 5) is 28.6. The van der Waals surface area contributed by atoms with E-state index in [0.717, 1.165) is 16.5 Å². The van der Waals surface area contributed by atoms with E-state index in [9.17, 15) is 9.59 Å². The minimum atomic E-state index is -0.501. The number of carbonyl (C=O) groups is 2. The highest BCUT2D eigenvalue weighted by Gasteiger charge is 2.18. The summed E-state index contributed by atoms with van der Waals surface area (Å²) < 4.78 is 11.1. The zero-order chi connectivity index (χ0) is 18.8.